The number of rotatable bonds is 6. The summed E-state index contributed by atoms with van der Waals surface area (Å²) in [6.45, 7) is 5.31. The van der Waals surface area contributed by atoms with Crippen molar-refractivity contribution in [3.05, 3.63) is 35.9 Å². The normalized spacial score (nSPS) is 17.8. The summed E-state index contributed by atoms with van der Waals surface area (Å²) < 4.78 is 0. The zero-order valence-corrected chi connectivity index (χ0v) is 16.2. The fourth-order valence-electron chi connectivity index (χ4n) is 2.74. The summed E-state index contributed by atoms with van der Waals surface area (Å²) in [7, 11) is 1.76. The molecule has 0 aromatic heterocycles. The molecule has 1 aliphatic heterocycles. The SMILES string of the molecule is CCNC(=NC)NCC1CC(=O)N(CCc2ccccc2)C1.I. The molecule has 5 nitrogen and oxygen atoms in total. The van der Waals surface area contributed by atoms with Gasteiger partial charge in [-0.1, -0.05) is 30.3 Å². The molecule has 2 rings (SSSR count). The number of guanidine groups is 1. The number of amides is 1. The van der Waals surface area contributed by atoms with E-state index >= 15 is 0 Å². The molecule has 1 amide bonds. The number of carbonyl (C=O) groups is 1. The van der Waals surface area contributed by atoms with Gasteiger partial charge in [-0.05, 0) is 18.9 Å². The van der Waals surface area contributed by atoms with Gasteiger partial charge in [-0.2, -0.15) is 0 Å². The first-order valence-electron chi connectivity index (χ1n) is 7.99. The molecule has 0 radical (unpaired) electrons. The van der Waals surface area contributed by atoms with E-state index in [-0.39, 0.29) is 29.9 Å². The van der Waals surface area contributed by atoms with E-state index in [1.54, 1.807) is 7.05 Å². The van der Waals surface area contributed by atoms with Gasteiger partial charge in [0.05, 0.1) is 0 Å². The topological polar surface area (TPSA) is 56.7 Å². The summed E-state index contributed by atoms with van der Waals surface area (Å²) in [4.78, 5) is 18.2. The van der Waals surface area contributed by atoms with Crippen LogP contribution in [0.1, 0.15) is 18.9 Å². The number of nitrogens with zero attached hydrogens (tertiary/aromatic N) is 2. The van der Waals surface area contributed by atoms with E-state index < -0.39 is 0 Å². The van der Waals surface area contributed by atoms with Crippen LogP contribution in [0.3, 0.4) is 0 Å². The highest BCUT2D eigenvalue weighted by Crippen LogP contribution is 2.17. The number of aliphatic imine (C=N–C) groups is 1. The predicted octanol–water partition coefficient (Wildman–Crippen LogP) is 1.88. The van der Waals surface area contributed by atoms with Crippen LogP contribution in [0.2, 0.25) is 0 Å². The molecular formula is C17H27IN4O. The molecule has 1 atom stereocenters. The van der Waals surface area contributed by atoms with Gasteiger partial charge < -0.3 is 15.5 Å². The first kappa shape index (κ1) is 19.7. The Morgan fingerprint density at radius 1 is 1.30 bits per heavy atom. The number of halogens is 1. The molecule has 1 aromatic carbocycles. The van der Waals surface area contributed by atoms with E-state index in [1.165, 1.54) is 5.56 Å². The molecule has 1 fully saturated rings. The Bertz CT molecular complexity index is 507. The van der Waals surface area contributed by atoms with Gasteiger partial charge >= 0.3 is 0 Å². The summed E-state index contributed by atoms with van der Waals surface area (Å²) in [5, 5.41) is 6.45. The maximum Gasteiger partial charge on any atom is 0.223 e. The van der Waals surface area contributed by atoms with Gasteiger partial charge in [0.1, 0.15) is 0 Å². The van der Waals surface area contributed by atoms with E-state index in [9.17, 15) is 4.79 Å². The number of hydrogen-bond donors (Lipinski definition) is 2. The standard InChI is InChI=1S/C17H26N4O.HI/c1-3-19-17(18-2)20-12-15-11-16(22)21(13-15)10-9-14-7-5-4-6-8-14;/h4-8,15H,3,9-13H2,1-2H3,(H2,18,19,20);1H. The molecule has 2 N–H and O–H groups in total. The van der Waals surface area contributed by atoms with E-state index in [0.29, 0.717) is 12.3 Å². The van der Waals surface area contributed by atoms with Crippen LogP contribution in [0, 0.1) is 5.92 Å². The third-order valence-corrected chi connectivity index (χ3v) is 3.93. The number of likely N-dealkylation sites (tertiary alicyclic amines) is 1. The van der Waals surface area contributed by atoms with Gasteiger partial charge in [-0.15, -0.1) is 24.0 Å². The summed E-state index contributed by atoms with van der Waals surface area (Å²) >= 11 is 0. The summed E-state index contributed by atoms with van der Waals surface area (Å²) in [5.74, 6) is 1.43. The van der Waals surface area contributed by atoms with Crippen LogP contribution in [0.15, 0.2) is 35.3 Å². The zero-order chi connectivity index (χ0) is 15.8. The fourth-order valence-corrected chi connectivity index (χ4v) is 2.74. The summed E-state index contributed by atoms with van der Waals surface area (Å²) in [6, 6.07) is 10.3. The molecule has 0 aliphatic carbocycles. The van der Waals surface area contributed by atoms with Gasteiger partial charge in [0.15, 0.2) is 5.96 Å². The van der Waals surface area contributed by atoms with Crippen LogP contribution in [0.5, 0.6) is 0 Å². The van der Waals surface area contributed by atoms with Crippen LogP contribution in [-0.4, -0.2) is 50.0 Å². The minimum atomic E-state index is 0. The van der Waals surface area contributed by atoms with Crippen LogP contribution >= 0.6 is 24.0 Å². The molecule has 1 aromatic rings. The molecule has 23 heavy (non-hydrogen) atoms. The lowest BCUT2D eigenvalue weighted by Gasteiger charge is -2.17. The molecule has 1 unspecified atom stereocenters. The number of hydrogen-bond acceptors (Lipinski definition) is 2. The Kier molecular flexibility index (Phi) is 8.98. The van der Waals surface area contributed by atoms with Crippen molar-refractivity contribution in [2.45, 2.75) is 19.8 Å². The molecular weight excluding hydrogens is 403 g/mol. The predicted molar refractivity (Wildman–Crippen MR) is 105 cm³/mol. The van der Waals surface area contributed by atoms with Crippen LogP contribution in [-0.2, 0) is 11.2 Å². The van der Waals surface area contributed by atoms with Crippen molar-refractivity contribution < 1.29 is 4.79 Å². The zero-order valence-electron chi connectivity index (χ0n) is 13.9. The van der Waals surface area contributed by atoms with Crippen molar-refractivity contribution in [2.75, 3.05) is 33.2 Å². The minimum Gasteiger partial charge on any atom is -0.357 e. The summed E-state index contributed by atoms with van der Waals surface area (Å²) in [6.07, 6.45) is 1.55. The molecule has 1 saturated heterocycles. The van der Waals surface area contributed by atoms with Crippen LogP contribution < -0.4 is 10.6 Å². The van der Waals surface area contributed by atoms with Gasteiger partial charge in [0, 0.05) is 45.6 Å². The Morgan fingerprint density at radius 2 is 2.04 bits per heavy atom. The molecule has 1 heterocycles. The highest BCUT2D eigenvalue weighted by atomic mass is 127. The van der Waals surface area contributed by atoms with E-state index in [2.05, 4.69) is 27.8 Å². The highest BCUT2D eigenvalue weighted by molar-refractivity contribution is 14.0. The van der Waals surface area contributed by atoms with Crippen LogP contribution in [0.4, 0.5) is 0 Å². The second kappa shape index (κ2) is 10.5. The molecule has 6 heteroatoms. The van der Waals surface area contributed by atoms with Crippen molar-refractivity contribution in [3.63, 3.8) is 0 Å². The molecule has 128 valence electrons. The second-order valence-electron chi connectivity index (χ2n) is 5.63. The Labute approximate surface area is 156 Å². The van der Waals surface area contributed by atoms with Gasteiger partial charge in [0.25, 0.3) is 0 Å². The number of nitrogens with one attached hydrogen (secondary N) is 2. The third kappa shape index (κ3) is 6.37. The summed E-state index contributed by atoms with van der Waals surface area (Å²) in [5.41, 5.74) is 1.28. The van der Waals surface area contributed by atoms with Gasteiger partial charge in [-0.3, -0.25) is 9.79 Å². The monoisotopic (exact) mass is 430 g/mol. The average Bonchev–Trinajstić information content (AvgIpc) is 2.90. The average molecular weight is 430 g/mol. The maximum absolute atomic E-state index is 12.1. The lowest BCUT2D eigenvalue weighted by molar-refractivity contribution is -0.127. The Hall–Kier alpha value is -1.31. The third-order valence-electron chi connectivity index (χ3n) is 3.93. The van der Waals surface area contributed by atoms with Crippen molar-refractivity contribution in [2.24, 2.45) is 10.9 Å². The van der Waals surface area contributed by atoms with E-state index in [1.807, 2.05) is 30.0 Å². The lowest BCUT2D eigenvalue weighted by Crippen LogP contribution is -2.40. The number of carbonyl (C=O) groups excluding carboxylic acids is 1. The number of benzene rings is 1. The van der Waals surface area contributed by atoms with Crippen molar-refractivity contribution >= 4 is 35.8 Å². The first-order chi connectivity index (χ1) is 10.7. The molecule has 1 aliphatic rings. The van der Waals surface area contributed by atoms with Gasteiger partial charge in [0.2, 0.25) is 5.91 Å². The fraction of sp³-hybridized carbons (Fsp3) is 0.529. The Balaban J connectivity index is 0.00000264. The van der Waals surface area contributed by atoms with Crippen molar-refractivity contribution in [1.82, 2.24) is 15.5 Å². The minimum absolute atomic E-state index is 0. The Morgan fingerprint density at radius 3 is 2.70 bits per heavy atom. The smallest absolute Gasteiger partial charge is 0.223 e. The molecule has 0 saturated carbocycles. The maximum atomic E-state index is 12.1. The largest absolute Gasteiger partial charge is 0.357 e. The molecule has 0 bridgehead atoms. The quantitative estimate of drug-likeness (QED) is 0.412. The van der Waals surface area contributed by atoms with Crippen molar-refractivity contribution in [1.29, 1.82) is 0 Å². The van der Waals surface area contributed by atoms with Crippen molar-refractivity contribution in [3.8, 4) is 0 Å². The lowest BCUT2D eigenvalue weighted by atomic mass is 10.1. The van der Waals surface area contributed by atoms with E-state index in [4.69, 9.17) is 0 Å². The first-order valence-corrected chi connectivity index (χ1v) is 7.99. The van der Waals surface area contributed by atoms with Gasteiger partial charge in [-0.25, -0.2) is 0 Å². The molecule has 0 spiro atoms. The van der Waals surface area contributed by atoms with Crippen LogP contribution in [0.25, 0.3) is 0 Å². The highest BCUT2D eigenvalue weighted by Gasteiger charge is 2.29. The van der Waals surface area contributed by atoms with E-state index in [0.717, 1.165) is 38.6 Å². The second-order valence-corrected chi connectivity index (χ2v) is 5.63.